The fourth-order valence-electron chi connectivity index (χ4n) is 2.51. The van der Waals surface area contributed by atoms with Crippen molar-refractivity contribution in [3.05, 3.63) is 45.9 Å². The smallest absolute Gasteiger partial charge is 0.254 e. The van der Waals surface area contributed by atoms with Crippen LogP contribution in [0.2, 0.25) is 0 Å². The first-order chi connectivity index (χ1) is 10.6. The van der Waals surface area contributed by atoms with E-state index in [4.69, 9.17) is 10.5 Å². The number of carbonyl (C=O) groups is 1. The zero-order valence-corrected chi connectivity index (χ0v) is 13.3. The highest BCUT2D eigenvalue weighted by Gasteiger charge is 2.24. The van der Waals surface area contributed by atoms with E-state index in [1.165, 1.54) is 0 Å². The summed E-state index contributed by atoms with van der Waals surface area (Å²) in [4.78, 5) is 18.6. The van der Waals surface area contributed by atoms with Crippen LogP contribution in [0.1, 0.15) is 27.5 Å². The summed E-state index contributed by atoms with van der Waals surface area (Å²) < 4.78 is 5.73. The van der Waals surface area contributed by atoms with Crippen molar-refractivity contribution in [3.8, 4) is 5.75 Å². The maximum Gasteiger partial charge on any atom is 0.254 e. The van der Waals surface area contributed by atoms with Crippen LogP contribution < -0.4 is 10.5 Å². The molecule has 2 aromatic rings. The van der Waals surface area contributed by atoms with Gasteiger partial charge in [0.15, 0.2) is 0 Å². The molecule has 1 aromatic heterocycles. The van der Waals surface area contributed by atoms with Crippen molar-refractivity contribution in [1.82, 2.24) is 9.88 Å². The molecule has 1 aliphatic heterocycles. The number of rotatable bonds is 4. The van der Waals surface area contributed by atoms with Crippen LogP contribution in [0.4, 0.5) is 0 Å². The Morgan fingerprint density at radius 1 is 1.55 bits per heavy atom. The van der Waals surface area contributed by atoms with Crippen LogP contribution in [0.5, 0.6) is 5.75 Å². The Bertz CT molecular complexity index is 671. The lowest BCUT2D eigenvalue weighted by molar-refractivity contribution is 0.0790. The molecule has 1 atom stereocenters. The Labute approximate surface area is 133 Å². The van der Waals surface area contributed by atoms with E-state index < -0.39 is 0 Å². The van der Waals surface area contributed by atoms with Gasteiger partial charge < -0.3 is 15.4 Å². The SMILES string of the molecule is Cc1nc(COc2cccc(C(=O)N3CCC(N)C3)c2)cs1. The minimum Gasteiger partial charge on any atom is -0.487 e. The van der Waals surface area contributed by atoms with Crippen LogP contribution in [0.3, 0.4) is 0 Å². The lowest BCUT2D eigenvalue weighted by Gasteiger charge is -2.16. The fourth-order valence-corrected chi connectivity index (χ4v) is 3.10. The second-order valence-corrected chi connectivity index (χ2v) is 6.54. The Hall–Kier alpha value is -1.92. The van der Waals surface area contributed by atoms with Gasteiger partial charge in [-0.2, -0.15) is 0 Å². The molecule has 1 saturated heterocycles. The number of carbonyl (C=O) groups excluding carboxylic acids is 1. The van der Waals surface area contributed by atoms with E-state index in [0.717, 1.165) is 23.7 Å². The molecule has 0 spiro atoms. The number of thiazole rings is 1. The Morgan fingerprint density at radius 3 is 3.09 bits per heavy atom. The van der Waals surface area contributed by atoms with Crippen LogP contribution in [0, 0.1) is 6.92 Å². The normalized spacial score (nSPS) is 17.7. The molecule has 1 aliphatic rings. The molecular weight excluding hydrogens is 298 g/mol. The third-order valence-electron chi connectivity index (χ3n) is 3.65. The number of hydrogen-bond donors (Lipinski definition) is 1. The van der Waals surface area contributed by atoms with Crippen LogP contribution in [0.25, 0.3) is 0 Å². The van der Waals surface area contributed by atoms with Crippen molar-refractivity contribution in [3.63, 3.8) is 0 Å². The number of aryl methyl sites for hydroxylation is 1. The van der Waals surface area contributed by atoms with Gasteiger partial charge in [0.25, 0.3) is 5.91 Å². The number of likely N-dealkylation sites (tertiary alicyclic amines) is 1. The Balaban J connectivity index is 1.65. The van der Waals surface area contributed by atoms with Gasteiger partial charge in [-0.15, -0.1) is 11.3 Å². The molecule has 6 heteroatoms. The molecule has 0 bridgehead atoms. The van der Waals surface area contributed by atoms with E-state index in [1.54, 1.807) is 22.3 Å². The molecule has 2 heterocycles. The largest absolute Gasteiger partial charge is 0.487 e. The summed E-state index contributed by atoms with van der Waals surface area (Å²) in [6.45, 7) is 3.73. The first kappa shape index (κ1) is 15.0. The van der Waals surface area contributed by atoms with Crippen molar-refractivity contribution >= 4 is 17.2 Å². The van der Waals surface area contributed by atoms with Gasteiger partial charge in [0.2, 0.25) is 0 Å². The van der Waals surface area contributed by atoms with E-state index in [0.29, 0.717) is 24.5 Å². The molecule has 2 N–H and O–H groups in total. The van der Waals surface area contributed by atoms with Gasteiger partial charge in [-0.3, -0.25) is 4.79 Å². The maximum absolute atomic E-state index is 12.4. The summed E-state index contributed by atoms with van der Waals surface area (Å²) in [5, 5.41) is 3.00. The molecule has 22 heavy (non-hydrogen) atoms. The first-order valence-corrected chi connectivity index (χ1v) is 8.18. The zero-order chi connectivity index (χ0) is 15.5. The maximum atomic E-state index is 12.4. The van der Waals surface area contributed by atoms with Crippen LogP contribution in [-0.2, 0) is 6.61 Å². The molecule has 0 radical (unpaired) electrons. The molecule has 3 rings (SSSR count). The molecule has 1 aromatic carbocycles. The van der Waals surface area contributed by atoms with Gasteiger partial charge in [-0.1, -0.05) is 6.07 Å². The third-order valence-corrected chi connectivity index (χ3v) is 4.47. The van der Waals surface area contributed by atoms with Gasteiger partial charge in [0.05, 0.1) is 10.7 Å². The summed E-state index contributed by atoms with van der Waals surface area (Å²) in [6.07, 6.45) is 0.866. The number of nitrogens with two attached hydrogens (primary N) is 1. The molecule has 5 nitrogen and oxygen atoms in total. The molecule has 116 valence electrons. The van der Waals surface area contributed by atoms with E-state index >= 15 is 0 Å². The third kappa shape index (κ3) is 3.45. The quantitative estimate of drug-likeness (QED) is 0.938. The monoisotopic (exact) mass is 317 g/mol. The van der Waals surface area contributed by atoms with E-state index in [1.807, 2.05) is 30.5 Å². The minimum absolute atomic E-state index is 0.0166. The van der Waals surface area contributed by atoms with Crippen molar-refractivity contribution in [2.24, 2.45) is 5.73 Å². The minimum atomic E-state index is 0.0166. The first-order valence-electron chi connectivity index (χ1n) is 7.30. The topological polar surface area (TPSA) is 68.5 Å². The number of benzene rings is 1. The predicted octanol–water partition coefficient (Wildman–Crippen LogP) is 2.20. The molecule has 0 saturated carbocycles. The summed E-state index contributed by atoms with van der Waals surface area (Å²) in [5.41, 5.74) is 7.41. The average Bonchev–Trinajstić information content (AvgIpc) is 3.13. The number of ether oxygens (including phenoxy) is 1. The number of aromatic nitrogens is 1. The van der Waals surface area contributed by atoms with Gasteiger partial charge in [-0.05, 0) is 31.5 Å². The fraction of sp³-hybridized carbons (Fsp3) is 0.375. The number of hydrogen-bond acceptors (Lipinski definition) is 5. The highest BCUT2D eigenvalue weighted by molar-refractivity contribution is 7.09. The lowest BCUT2D eigenvalue weighted by atomic mass is 10.2. The van der Waals surface area contributed by atoms with Crippen LogP contribution in [-0.4, -0.2) is 34.9 Å². The van der Waals surface area contributed by atoms with Crippen molar-refractivity contribution < 1.29 is 9.53 Å². The number of nitrogens with zero attached hydrogens (tertiary/aromatic N) is 2. The van der Waals surface area contributed by atoms with E-state index in [-0.39, 0.29) is 11.9 Å². The molecular formula is C16H19N3O2S. The van der Waals surface area contributed by atoms with Crippen LogP contribution >= 0.6 is 11.3 Å². The summed E-state index contributed by atoms with van der Waals surface area (Å²) in [7, 11) is 0. The lowest BCUT2D eigenvalue weighted by Crippen LogP contribution is -2.31. The van der Waals surface area contributed by atoms with Gasteiger partial charge in [0.1, 0.15) is 12.4 Å². The summed E-state index contributed by atoms with van der Waals surface area (Å²) in [6, 6.07) is 7.38. The number of amides is 1. The Morgan fingerprint density at radius 2 is 2.41 bits per heavy atom. The second-order valence-electron chi connectivity index (χ2n) is 5.47. The van der Waals surface area contributed by atoms with Gasteiger partial charge >= 0.3 is 0 Å². The summed E-state index contributed by atoms with van der Waals surface area (Å²) in [5.74, 6) is 0.697. The molecule has 1 amide bonds. The van der Waals surface area contributed by atoms with E-state index in [2.05, 4.69) is 4.98 Å². The Kier molecular flexibility index (Phi) is 4.40. The highest BCUT2D eigenvalue weighted by Crippen LogP contribution is 2.19. The van der Waals surface area contributed by atoms with Crippen molar-refractivity contribution in [2.75, 3.05) is 13.1 Å². The molecule has 1 fully saturated rings. The van der Waals surface area contributed by atoms with Crippen LogP contribution in [0.15, 0.2) is 29.6 Å². The standard InChI is InChI=1S/C16H19N3O2S/c1-11-18-14(10-22-11)9-21-15-4-2-3-12(7-15)16(20)19-6-5-13(17)8-19/h2-4,7,10,13H,5-6,8-9,17H2,1H3. The van der Waals surface area contributed by atoms with Crippen molar-refractivity contribution in [1.29, 1.82) is 0 Å². The average molecular weight is 317 g/mol. The second kappa shape index (κ2) is 6.46. The molecule has 0 aliphatic carbocycles. The van der Waals surface area contributed by atoms with Crippen molar-refractivity contribution in [2.45, 2.75) is 26.0 Å². The molecule has 1 unspecified atom stereocenters. The predicted molar refractivity (Wildman–Crippen MR) is 86.1 cm³/mol. The van der Waals surface area contributed by atoms with Gasteiger partial charge in [0, 0.05) is 30.1 Å². The van der Waals surface area contributed by atoms with Gasteiger partial charge in [-0.25, -0.2) is 4.98 Å². The van der Waals surface area contributed by atoms with E-state index in [9.17, 15) is 4.79 Å². The summed E-state index contributed by atoms with van der Waals surface area (Å²) >= 11 is 1.60. The highest BCUT2D eigenvalue weighted by atomic mass is 32.1. The zero-order valence-electron chi connectivity index (χ0n) is 12.5.